The van der Waals surface area contributed by atoms with Crippen molar-refractivity contribution < 1.29 is 9.53 Å². The maximum Gasteiger partial charge on any atom is 0.327 e. The number of carbonyl (C=O) groups is 1. The van der Waals surface area contributed by atoms with Crippen LogP contribution in [-0.4, -0.2) is 74.7 Å². The summed E-state index contributed by atoms with van der Waals surface area (Å²) in [5.41, 5.74) is -0.494. The molecule has 1 saturated carbocycles. The minimum atomic E-state index is -0.494. The average Bonchev–Trinajstić information content (AvgIpc) is 3.27. The summed E-state index contributed by atoms with van der Waals surface area (Å²) in [5, 5.41) is 3.46. The normalized spacial score (nSPS) is 24.9. The fourth-order valence-electron chi connectivity index (χ4n) is 3.32. The third-order valence-corrected chi connectivity index (χ3v) is 4.60. The van der Waals surface area contributed by atoms with Crippen LogP contribution >= 0.6 is 0 Å². The number of nitrogens with one attached hydrogen (secondary N) is 1. The molecule has 0 aromatic carbocycles. The lowest BCUT2D eigenvalue weighted by Crippen LogP contribution is -2.61. The summed E-state index contributed by atoms with van der Waals surface area (Å²) in [7, 11) is 3.68. The number of nitrogens with zero attached hydrogens (tertiary/aromatic N) is 2. The molecular weight excluding hydrogens is 254 g/mol. The quantitative estimate of drug-likeness (QED) is 0.722. The molecule has 1 unspecified atom stereocenters. The van der Waals surface area contributed by atoms with Crippen LogP contribution in [0, 0.1) is 5.92 Å². The van der Waals surface area contributed by atoms with Crippen LogP contribution in [0.5, 0.6) is 0 Å². The summed E-state index contributed by atoms with van der Waals surface area (Å²) in [5.74, 6) is 0.357. The number of esters is 1. The van der Waals surface area contributed by atoms with Crippen molar-refractivity contribution in [3.05, 3.63) is 0 Å². The molecule has 5 nitrogen and oxygen atoms in total. The molecule has 2 rings (SSSR count). The first-order chi connectivity index (χ1) is 9.62. The zero-order chi connectivity index (χ0) is 14.6. The number of ether oxygens (including phenoxy) is 1. The third kappa shape index (κ3) is 3.51. The van der Waals surface area contributed by atoms with Crippen molar-refractivity contribution in [1.29, 1.82) is 0 Å². The van der Waals surface area contributed by atoms with E-state index in [1.165, 1.54) is 13.5 Å². The highest BCUT2D eigenvalue weighted by Crippen LogP contribution is 2.41. The lowest BCUT2D eigenvalue weighted by Gasteiger charge is -2.36. The Hall–Kier alpha value is -0.650. The Morgan fingerprint density at radius 2 is 2.05 bits per heavy atom. The highest BCUT2D eigenvalue weighted by atomic mass is 16.5. The van der Waals surface area contributed by atoms with Crippen LogP contribution < -0.4 is 5.32 Å². The van der Waals surface area contributed by atoms with Gasteiger partial charge in [0.15, 0.2) is 0 Å². The number of methoxy groups -OCH3 is 1. The zero-order valence-corrected chi connectivity index (χ0v) is 13.2. The summed E-state index contributed by atoms with van der Waals surface area (Å²) < 4.78 is 5.12. The SMILES string of the molecule is CCNC(CN1CCCN(C)CC1)(C(=O)OC)C1CC1. The first-order valence-electron chi connectivity index (χ1n) is 7.86. The molecule has 5 heteroatoms. The van der Waals surface area contributed by atoms with Crippen LogP contribution in [0.4, 0.5) is 0 Å². The summed E-state index contributed by atoms with van der Waals surface area (Å²) in [6, 6.07) is 0. The van der Waals surface area contributed by atoms with Gasteiger partial charge in [0.2, 0.25) is 0 Å². The van der Waals surface area contributed by atoms with Crippen LogP contribution in [0.1, 0.15) is 26.2 Å². The molecule has 1 heterocycles. The van der Waals surface area contributed by atoms with Crippen molar-refractivity contribution in [2.75, 3.05) is 53.4 Å². The molecule has 0 bridgehead atoms. The summed E-state index contributed by atoms with van der Waals surface area (Å²) >= 11 is 0. The number of likely N-dealkylation sites (N-methyl/N-ethyl adjacent to an activating group) is 2. The van der Waals surface area contributed by atoms with Gasteiger partial charge < -0.3 is 15.0 Å². The van der Waals surface area contributed by atoms with E-state index in [0.29, 0.717) is 5.92 Å². The predicted octanol–water partition coefficient (Wildman–Crippen LogP) is 0.555. The molecule has 1 aliphatic carbocycles. The van der Waals surface area contributed by atoms with Crippen molar-refractivity contribution in [3.8, 4) is 0 Å². The van der Waals surface area contributed by atoms with Crippen molar-refractivity contribution >= 4 is 5.97 Å². The first-order valence-corrected chi connectivity index (χ1v) is 7.86. The van der Waals surface area contributed by atoms with E-state index in [1.54, 1.807) is 0 Å². The Morgan fingerprint density at radius 1 is 1.30 bits per heavy atom. The molecule has 20 heavy (non-hydrogen) atoms. The Morgan fingerprint density at radius 3 is 2.65 bits per heavy atom. The molecule has 116 valence electrons. The average molecular weight is 283 g/mol. The molecule has 1 aliphatic heterocycles. The lowest BCUT2D eigenvalue weighted by atomic mass is 9.92. The van der Waals surface area contributed by atoms with Gasteiger partial charge in [-0.3, -0.25) is 4.90 Å². The topological polar surface area (TPSA) is 44.8 Å². The third-order valence-electron chi connectivity index (χ3n) is 4.60. The van der Waals surface area contributed by atoms with Crippen LogP contribution in [0.15, 0.2) is 0 Å². The predicted molar refractivity (Wildman–Crippen MR) is 79.7 cm³/mol. The van der Waals surface area contributed by atoms with Crippen LogP contribution in [0.2, 0.25) is 0 Å². The molecule has 0 aromatic heterocycles. The van der Waals surface area contributed by atoms with Gasteiger partial charge in [-0.05, 0) is 51.9 Å². The van der Waals surface area contributed by atoms with Crippen molar-refractivity contribution in [2.45, 2.75) is 31.7 Å². The van der Waals surface area contributed by atoms with Crippen LogP contribution in [0.25, 0.3) is 0 Å². The number of carbonyl (C=O) groups excluding carboxylic acids is 1. The van der Waals surface area contributed by atoms with Crippen LogP contribution in [0.3, 0.4) is 0 Å². The molecule has 2 aliphatic rings. The van der Waals surface area contributed by atoms with Gasteiger partial charge >= 0.3 is 5.97 Å². The smallest absolute Gasteiger partial charge is 0.327 e. The van der Waals surface area contributed by atoms with E-state index in [1.807, 2.05) is 0 Å². The van der Waals surface area contributed by atoms with Gasteiger partial charge in [-0.1, -0.05) is 6.92 Å². The zero-order valence-electron chi connectivity index (χ0n) is 13.2. The standard InChI is InChI=1S/C15H29N3O2/c1-4-16-15(13-6-7-13,14(19)20-3)12-18-9-5-8-17(2)10-11-18/h13,16H,4-12H2,1-3H3. The second-order valence-electron chi connectivity index (χ2n) is 6.20. The molecule has 1 N–H and O–H groups in total. The van der Waals surface area contributed by atoms with Gasteiger partial charge in [0.05, 0.1) is 7.11 Å². The van der Waals surface area contributed by atoms with Gasteiger partial charge in [-0.2, -0.15) is 0 Å². The van der Waals surface area contributed by atoms with Gasteiger partial charge in [-0.25, -0.2) is 4.79 Å². The molecular formula is C15H29N3O2. The molecule has 0 spiro atoms. The molecule has 2 fully saturated rings. The van der Waals surface area contributed by atoms with Gasteiger partial charge in [0, 0.05) is 19.6 Å². The summed E-state index contributed by atoms with van der Waals surface area (Å²) in [4.78, 5) is 17.2. The highest BCUT2D eigenvalue weighted by Gasteiger charge is 2.52. The molecule has 0 aromatic rings. The maximum atomic E-state index is 12.4. The summed E-state index contributed by atoms with van der Waals surface area (Å²) in [6.07, 6.45) is 3.44. The second kappa shape index (κ2) is 6.87. The second-order valence-corrected chi connectivity index (χ2v) is 6.20. The number of hydrogen-bond donors (Lipinski definition) is 1. The first kappa shape index (κ1) is 15.7. The molecule has 0 radical (unpaired) electrons. The van der Waals surface area contributed by atoms with E-state index >= 15 is 0 Å². The van der Waals surface area contributed by atoms with Crippen LogP contribution in [-0.2, 0) is 9.53 Å². The Bertz CT molecular complexity index is 333. The number of rotatable bonds is 6. The van der Waals surface area contributed by atoms with Crippen molar-refractivity contribution in [3.63, 3.8) is 0 Å². The van der Waals surface area contributed by atoms with Gasteiger partial charge in [0.1, 0.15) is 5.54 Å². The fourth-order valence-corrected chi connectivity index (χ4v) is 3.32. The van der Waals surface area contributed by atoms with E-state index in [-0.39, 0.29) is 5.97 Å². The van der Waals surface area contributed by atoms with Crippen molar-refractivity contribution in [1.82, 2.24) is 15.1 Å². The minimum absolute atomic E-state index is 0.0838. The van der Waals surface area contributed by atoms with E-state index in [2.05, 4.69) is 29.1 Å². The molecule has 1 atom stereocenters. The maximum absolute atomic E-state index is 12.4. The summed E-state index contributed by atoms with van der Waals surface area (Å²) in [6.45, 7) is 7.98. The van der Waals surface area contributed by atoms with E-state index < -0.39 is 5.54 Å². The van der Waals surface area contributed by atoms with Crippen molar-refractivity contribution in [2.24, 2.45) is 5.92 Å². The highest BCUT2D eigenvalue weighted by molar-refractivity contribution is 5.82. The molecule has 0 amide bonds. The van der Waals surface area contributed by atoms with Gasteiger partial charge in [-0.15, -0.1) is 0 Å². The fraction of sp³-hybridized carbons (Fsp3) is 0.933. The minimum Gasteiger partial charge on any atom is -0.468 e. The largest absolute Gasteiger partial charge is 0.468 e. The van der Waals surface area contributed by atoms with E-state index in [0.717, 1.165) is 52.1 Å². The Labute approximate surface area is 122 Å². The van der Waals surface area contributed by atoms with E-state index in [4.69, 9.17) is 4.74 Å². The number of hydrogen-bond acceptors (Lipinski definition) is 5. The molecule has 1 saturated heterocycles. The monoisotopic (exact) mass is 283 g/mol. The van der Waals surface area contributed by atoms with E-state index in [9.17, 15) is 4.79 Å². The Balaban J connectivity index is 2.08. The lowest BCUT2D eigenvalue weighted by molar-refractivity contribution is -0.150. The van der Waals surface area contributed by atoms with Gasteiger partial charge in [0.25, 0.3) is 0 Å². The Kier molecular flexibility index (Phi) is 5.41.